The summed E-state index contributed by atoms with van der Waals surface area (Å²) in [5.41, 5.74) is 7.08. The highest BCUT2D eigenvalue weighted by atomic mass is 16.2. The first-order valence-corrected chi connectivity index (χ1v) is 9.07. The van der Waals surface area contributed by atoms with Gasteiger partial charge in [-0.05, 0) is 36.8 Å². The van der Waals surface area contributed by atoms with Crippen molar-refractivity contribution in [3.8, 4) is 0 Å². The second kappa shape index (κ2) is 7.55. The van der Waals surface area contributed by atoms with Crippen molar-refractivity contribution in [1.29, 1.82) is 0 Å². The Labute approximate surface area is 164 Å². The van der Waals surface area contributed by atoms with Crippen LogP contribution < -0.4 is 16.6 Å². The molecule has 0 atom stereocenters. The molecule has 2 aromatic carbocycles. The number of nitrogens with zero attached hydrogens (tertiary/aromatic N) is 2. The zero-order valence-electron chi connectivity index (χ0n) is 15.4. The van der Waals surface area contributed by atoms with Gasteiger partial charge < -0.3 is 16.0 Å². The van der Waals surface area contributed by atoms with Gasteiger partial charge in [0, 0.05) is 23.9 Å². The molecule has 9 nitrogen and oxygen atoms in total. The summed E-state index contributed by atoms with van der Waals surface area (Å²) in [7, 11) is 0. The van der Waals surface area contributed by atoms with Gasteiger partial charge in [-0.1, -0.05) is 12.1 Å². The molecule has 0 bridgehead atoms. The van der Waals surface area contributed by atoms with Crippen LogP contribution in [0.1, 0.15) is 29.2 Å². The molecule has 0 fully saturated rings. The Morgan fingerprint density at radius 3 is 2.76 bits per heavy atom. The van der Waals surface area contributed by atoms with Gasteiger partial charge in [0.15, 0.2) is 5.69 Å². The fourth-order valence-corrected chi connectivity index (χ4v) is 3.17. The molecule has 2 aromatic heterocycles. The van der Waals surface area contributed by atoms with Gasteiger partial charge in [-0.2, -0.15) is 5.10 Å². The summed E-state index contributed by atoms with van der Waals surface area (Å²) in [4.78, 5) is 42.9. The average Bonchev–Trinajstić information content (AvgIpc) is 3.11. The number of rotatable bonds is 6. The standard InChI is InChI=1S/C20H18N6O3/c21-19(28)18-13-10-11(8-9-15(13)25-26-18)22-17(27)7-3-6-16-23-14-5-2-1-4-12(14)20(29)24-16/h1-2,4-5,8-10H,3,6-7H2,(H2,21,28)(H,22,27)(H,25,26)(H,23,24,29). The van der Waals surface area contributed by atoms with Gasteiger partial charge >= 0.3 is 0 Å². The van der Waals surface area contributed by atoms with E-state index in [-0.39, 0.29) is 23.6 Å². The predicted octanol–water partition coefficient (Wildman–Crippen LogP) is 1.86. The van der Waals surface area contributed by atoms with Crippen LogP contribution in [0.3, 0.4) is 0 Å². The maximum atomic E-state index is 12.3. The maximum absolute atomic E-state index is 12.3. The van der Waals surface area contributed by atoms with Crippen LogP contribution in [0.5, 0.6) is 0 Å². The number of aryl methyl sites for hydroxylation is 1. The van der Waals surface area contributed by atoms with Crippen LogP contribution in [-0.2, 0) is 11.2 Å². The monoisotopic (exact) mass is 390 g/mol. The number of primary amides is 1. The number of fused-ring (bicyclic) bond motifs is 2. The van der Waals surface area contributed by atoms with Gasteiger partial charge in [0.05, 0.1) is 16.4 Å². The Bertz CT molecular complexity index is 1290. The summed E-state index contributed by atoms with van der Waals surface area (Å²) in [6.07, 6.45) is 1.25. The van der Waals surface area contributed by atoms with Crippen molar-refractivity contribution in [2.45, 2.75) is 19.3 Å². The molecule has 29 heavy (non-hydrogen) atoms. The van der Waals surface area contributed by atoms with Crippen LogP contribution in [0.15, 0.2) is 47.3 Å². The number of nitrogens with two attached hydrogens (primary N) is 1. The molecule has 2 heterocycles. The molecule has 0 unspecified atom stereocenters. The Kier molecular flexibility index (Phi) is 4.78. The van der Waals surface area contributed by atoms with Crippen LogP contribution in [0.25, 0.3) is 21.8 Å². The molecule has 2 amide bonds. The summed E-state index contributed by atoms with van der Waals surface area (Å²) in [5.74, 6) is -0.277. The molecule has 0 aliphatic carbocycles. The van der Waals surface area contributed by atoms with Crippen molar-refractivity contribution in [2.24, 2.45) is 5.73 Å². The van der Waals surface area contributed by atoms with Crippen molar-refractivity contribution >= 4 is 39.3 Å². The van der Waals surface area contributed by atoms with Gasteiger partial charge in [0.2, 0.25) is 5.91 Å². The van der Waals surface area contributed by atoms with Gasteiger partial charge in [0.25, 0.3) is 11.5 Å². The quantitative estimate of drug-likeness (QED) is 0.397. The molecule has 5 N–H and O–H groups in total. The minimum atomic E-state index is -0.642. The lowest BCUT2D eigenvalue weighted by Gasteiger charge is -2.06. The van der Waals surface area contributed by atoms with E-state index in [1.54, 1.807) is 36.4 Å². The molecule has 0 saturated heterocycles. The zero-order valence-corrected chi connectivity index (χ0v) is 15.4. The molecule has 0 spiro atoms. The molecule has 9 heteroatoms. The number of hydrogen-bond donors (Lipinski definition) is 4. The lowest BCUT2D eigenvalue weighted by atomic mass is 10.1. The first-order chi connectivity index (χ1) is 14.0. The van der Waals surface area contributed by atoms with Gasteiger partial charge in [-0.3, -0.25) is 19.5 Å². The number of carbonyl (C=O) groups is 2. The Morgan fingerprint density at radius 1 is 1.10 bits per heavy atom. The molecular formula is C20H18N6O3. The molecule has 4 rings (SSSR count). The van der Waals surface area contributed by atoms with Crippen molar-refractivity contribution in [3.05, 3.63) is 64.3 Å². The number of hydrogen-bond acceptors (Lipinski definition) is 5. The predicted molar refractivity (Wildman–Crippen MR) is 109 cm³/mol. The van der Waals surface area contributed by atoms with Crippen molar-refractivity contribution in [3.63, 3.8) is 0 Å². The minimum absolute atomic E-state index is 0.127. The van der Waals surface area contributed by atoms with E-state index in [0.717, 1.165) is 0 Å². The molecule has 0 radical (unpaired) electrons. The van der Waals surface area contributed by atoms with E-state index in [2.05, 4.69) is 25.5 Å². The van der Waals surface area contributed by atoms with E-state index < -0.39 is 5.91 Å². The number of nitrogens with one attached hydrogen (secondary N) is 3. The van der Waals surface area contributed by atoms with Gasteiger partial charge in [-0.25, -0.2) is 4.98 Å². The second-order valence-corrected chi connectivity index (χ2v) is 6.63. The minimum Gasteiger partial charge on any atom is -0.364 e. The fourth-order valence-electron chi connectivity index (χ4n) is 3.17. The van der Waals surface area contributed by atoms with Crippen molar-refractivity contribution in [2.75, 3.05) is 5.32 Å². The fraction of sp³-hybridized carbons (Fsp3) is 0.150. The highest BCUT2D eigenvalue weighted by molar-refractivity contribution is 6.05. The summed E-state index contributed by atoms with van der Waals surface area (Å²) in [5, 5.41) is 10.5. The first kappa shape index (κ1) is 18.4. The molecule has 4 aromatic rings. The number of aromatic amines is 2. The van der Waals surface area contributed by atoms with Crippen LogP contribution in [0.4, 0.5) is 5.69 Å². The molecule has 0 aliphatic rings. The maximum Gasteiger partial charge on any atom is 0.269 e. The summed E-state index contributed by atoms with van der Waals surface area (Å²) >= 11 is 0. The Hall–Kier alpha value is -4.01. The summed E-state index contributed by atoms with van der Waals surface area (Å²) in [6, 6.07) is 12.2. The van der Waals surface area contributed by atoms with Crippen molar-refractivity contribution < 1.29 is 9.59 Å². The normalized spacial score (nSPS) is 11.0. The Morgan fingerprint density at radius 2 is 1.93 bits per heavy atom. The van der Waals surface area contributed by atoms with Crippen molar-refractivity contribution in [1.82, 2.24) is 20.2 Å². The zero-order chi connectivity index (χ0) is 20.4. The molecule has 146 valence electrons. The lowest BCUT2D eigenvalue weighted by Crippen LogP contribution is -2.14. The smallest absolute Gasteiger partial charge is 0.269 e. The SMILES string of the molecule is NC(=O)c1n[nH]c2ccc(NC(=O)CCCc3nc4ccccc4c(=O)[nH]3)cc12. The summed E-state index contributed by atoms with van der Waals surface area (Å²) < 4.78 is 0. The highest BCUT2D eigenvalue weighted by Crippen LogP contribution is 2.20. The molecular weight excluding hydrogens is 372 g/mol. The number of anilines is 1. The largest absolute Gasteiger partial charge is 0.364 e. The lowest BCUT2D eigenvalue weighted by molar-refractivity contribution is -0.116. The van der Waals surface area contributed by atoms with Crippen LogP contribution in [0.2, 0.25) is 0 Å². The molecule has 0 aliphatic heterocycles. The average molecular weight is 390 g/mol. The third-order valence-corrected chi connectivity index (χ3v) is 4.56. The van der Waals surface area contributed by atoms with Crippen LogP contribution in [0, 0.1) is 0 Å². The number of H-pyrrole nitrogens is 2. The van der Waals surface area contributed by atoms with Gasteiger partial charge in [0.1, 0.15) is 5.82 Å². The second-order valence-electron chi connectivity index (χ2n) is 6.63. The number of aromatic nitrogens is 4. The first-order valence-electron chi connectivity index (χ1n) is 9.07. The van der Waals surface area contributed by atoms with E-state index in [1.807, 2.05) is 6.07 Å². The molecule has 0 saturated carbocycles. The van der Waals surface area contributed by atoms with E-state index in [0.29, 0.717) is 46.2 Å². The van der Waals surface area contributed by atoms with E-state index >= 15 is 0 Å². The number of benzene rings is 2. The van der Waals surface area contributed by atoms with Crippen LogP contribution >= 0.6 is 0 Å². The van der Waals surface area contributed by atoms with Crippen LogP contribution in [-0.4, -0.2) is 32.0 Å². The van der Waals surface area contributed by atoms with E-state index in [4.69, 9.17) is 5.73 Å². The van der Waals surface area contributed by atoms with E-state index in [1.165, 1.54) is 0 Å². The third-order valence-electron chi connectivity index (χ3n) is 4.56. The van der Waals surface area contributed by atoms with Gasteiger partial charge in [-0.15, -0.1) is 0 Å². The summed E-state index contributed by atoms with van der Waals surface area (Å²) in [6.45, 7) is 0. The highest BCUT2D eigenvalue weighted by Gasteiger charge is 2.12. The Balaban J connectivity index is 1.39. The van der Waals surface area contributed by atoms with E-state index in [9.17, 15) is 14.4 Å². The number of para-hydroxylation sites is 1. The topological polar surface area (TPSA) is 147 Å². The number of amides is 2. The third kappa shape index (κ3) is 3.84. The number of carbonyl (C=O) groups excluding carboxylic acids is 2.